The number of fused-ring (bicyclic) bond motifs is 3. The van der Waals surface area contributed by atoms with Gasteiger partial charge in [-0.15, -0.1) is 16.4 Å². The van der Waals surface area contributed by atoms with Crippen LogP contribution in [0.25, 0.3) is 10.2 Å². The van der Waals surface area contributed by atoms with Crippen molar-refractivity contribution in [3.05, 3.63) is 20.8 Å². The number of amides is 1. The van der Waals surface area contributed by atoms with Gasteiger partial charge in [0.05, 0.1) is 5.39 Å². The molecular formula is C17H24N4O2S. The Bertz CT molecular complexity index is 811. The quantitative estimate of drug-likeness (QED) is 0.831. The zero-order chi connectivity index (χ0) is 17.3. The lowest BCUT2D eigenvalue weighted by Crippen LogP contribution is -2.36. The molecule has 24 heavy (non-hydrogen) atoms. The Morgan fingerprint density at radius 2 is 2.25 bits per heavy atom. The molecule has 0 fully saturated rings. The first-order valence-corrected chi connectivity index (χ1v) is 9.45. The van der Waals surface area contributed by atoms with E-state index >= 15 is 0 Å². The zero-order valence-corrected chi connectivity index (χ0v) is 15.4. The molecule has 2 aromatic rings. The number of aromatic nitrogens is 3. The van der Waals surface area contributed by atoms with Crippen LogP contribution in [0.3, 0.4) is 0 Å². The number of hydrogen-bond acceptors (Lipinski definition) is 5. The summed E-state index contributed by atoms with van der Waals surface area (Å²) in [6.45, 7) is 4.99. The van der Waals surface area contributed by atoms with Crippen molar-refractivity contribution in [2.24, 2.45) is 5.92 Å². The minimum Gasteiger partial charge on any atom is -0.344 e. The van der Waals surface area contributed by atoms with Gasteiger partial charge >= 0.3 is 0 Å². The lowest BCUT2D eigenvalue weighted by atomic mass is 9.89. The van der Waals surface area contributed by atoms with Crippen LogP contribution in [0.4, 0.5) is 0 Å². The van der Waals surface area contributed by atoms with Gasteiger partial charge in [0.1, 0.15) is 6.54 Å². The molecule has 2 heterocycles. The molecule has 7 heteroatoms. The fourth-order valence-corrected chi connectivity index (χ4v) is 4.48. The van der Waals surface area contributed by atoms with E-state index in [1.54, 1.807) is 23.3 Å². The molecule has 0 saturated heterocycles. The standard InChI is InChI=1S/C17H24N4O2S/c1-4-5-8-20(3)14(22)10-21-17(23)15-12-7-6-11(2)9-13(12)24-16(15)18-19-21/h11H,4-10H2,1-3H3. The SMILES string of the molecule is CCCCN(C)C(=O)Cn1nnc2sc3c(c2c1=O)CCC(C)C3. The monoisotopic (exact) mass is 348 g/mol. The number of thiophene rings is 1. The smallest absolute Gasteiger partial charge is 0.279 e. The molecule has 1 atom stereocenters. The molecule has 0 N–H and O–H groups in total. The van der Waals surface area contributed by atoms with E-state index in [1.807, 2.05) is 0 Å². The van der Waals surface area contributed by atoms with E-state index in [-0.39, 0.29) is 18.0 Å². The van der Waals surface area contributed by atoms with Crippen LogP contribution >= 0.6 is 11.3 Å². The highest BCUT2D eigenvalue weighted by Crippen LogP contribution is 2.35. The third kappa shape index (κ3) is 3.22. The van der Waals surface area contributed by atoms with E-state index < -0.39 is 0 Å². The Balaban J connectivity index is 1.89. The van der Waals surface area contributed by atoms with Crippen molar-refractivity contribution in [2.45, 2.75) is 52.5 Å². The number of likely N-dealkylation sites (N-methyl/N-ethyl adjacent to an activating group) is 1. The first kappa shape index (κ1) is 17.1. The van der Waals surface area contributed by atoms with Gasteiger partial charge in [-0.2, -0.15) is 0 Å². The maximum absolute atomic E-state index is 12.8. The van der Waals surface area contributed by atoms with E-state index in [9.17, 15) is 9.59 Å². The molecule has 6 nitrogen and oxygen atoms in total. The van der Waals surface area contributed by atoms with Gasteiger partial charge in [-0.1, -0.05) is 25.5 Å². The number of unbranched alkanes of at least 4 members (excludes halogenated alkanes) is 1. The fourth-order valence-electron chi connectivity index (χ4n) is 3.16. The van der Waals surface area contributed by atoms with Gasteiger partial charge in [0.15, 0.2) is 4.83 Å². The van der Waals surface area contributed by atoms with E-state index in [4.69, 9.17) is 0 Å². The molecule has 0 radical (unpaired) electrons. The Morgan fingerprint density at radius 1 is 1.46 bits per heavy atom. The van der Waals surface area contributed by atoms with Gasteiger partial charge in [0.2, 0.25) is 5.91 Å². The highest BCUT2D eigenvalue weighted by Gasteiger charge is 2.24. The molecule has 1 unspecified atom stereocenters. The minimum absolute atomic E-state index is 0.0387. The largest absolute Gasteiger partial charge is 0.344 e. The molecular weight excluding hydrogens is 324 g/mol. The van der Waals surface area contributed by atoms with E-state index in [2.05, 4.69) is 24.2 Å². The molecule has 2 aromatic heterocycles. The van der Waals surface area contributed by atoms with Crippen molar-refractivity contribution < 1.29 is 4.79 Å². The second-order valence-electron chi connectivity index (χ2n) is 6.75. The summed E-state index contributed by atoms with van der Waals surface area (Å²) in [6, 6.07) is 0. The maximum atomic E-state index is 12.8. The molecule has 0 aliphatic heterocycles. The van der Waals surface area contributed by atoms with Gasteiger partial charge in [-0.3, -0.25) is 9.59 Å². The van der Waals surface area contributed by atoms with E-state index in [0.29, 0.717) is 22.7 Å². The van der Waals surface area contributed by atoms with Gasteiger partial charge in [-0.25, -0.2) is 4.68 Å². The maximum Gasteiger partial charge on any atom is 0.279 e. The lowest BCUT2D eigenvalue weighted by Gasteiger charge is -2.18. The highest BCUT2D eigenvalue weighted by molar-refractivity contribution is 7.18. The molecule has 0 bridgehead atoms. The lowest BCUT2D eigenvalue weighted by molar-refractivity contribution is -0.130. The summed E-state index contributed by atoms with van der Waals surface area (Å²) in [5.74, 6) is 0.548. The number of nitrogens with zero attached hydrogens (tertiary/aromatic N) is 4. The van der Waals surface area contributed by atoms with Crippen LogP contribution < -0.4 is 5.56 Å². The summed E-state index contributed by atoms with van der Waals surface area (Å²) >= 11 is 1.58. The first-order valence-electron chi connectivity index (χ1n) is 8.63. The Labute approximate surface area is 145 Å². The van der Waals surface area contributed by atoms with Gasteiger partial charge in [-0.05, 0) is 37.2 Å². The van der Waals surface area contributed by atoms with Crippen molar-refractivity contribution >= 4 is 27.5 Å². The molecule has 1 amide bonds. The second-order valence-corrected chi connectivity index (χ2v) is 7.84. The first-order chi connectivity index (χ1) is 11.5. The number of carbonyl (C=O) groups excluding carboxylic acids is 1. The van der Waals surface area contributed by atoms with Crippen molar-refractivity contribution in [2.75, 3.05) is 13.6 Å². The van der Waals surface area contributed by atoms with Gasteiger partial charge in [0, 0.05) is 18.5 Å². The van der Waals surface area contributed by atoms with Crippen LogP contribution in [0.15, 0.2) is 4.79 Å². The molecule has 130 valence electrons. The van der Waals surface area contributed by atoms with Crippen molar-refractivity contribution in [3.8, 4) is 0 Å². The summed E-state index contributed by atoms with van der Waals surface area (Å²) in [5.41, 5.74) is 0.956. The van der Waals surface area contributed by atoms with Crippen LogP contribution in [0.2, 0.25) is 0 Å². The molecule has 1 aliphatic rings. The third-order valence-electron chi connectivity index (χ3n) is 4.74. The molecule has 1 aliphatic carbocycles. The van der Waals surface area contributed by atoms with Crippen molar-refractivity contribution in [1.29, 1.82) is 0 Å². The van der Waals surface area contributed by atoms with Gasteiger partial charge < -0.3 is 4.90 Å². The third-order valence-corrected chi connectivity index (χ3v) is 5.88. The number of carbonyl (C=O) groups is 1. The minimum atomic E-state index is -0.177. The van der Waals surface area contributed by atoms with E-state index in [1.165, 1.54) is 9.56 Å². The predicted molar refractivity (Wildman–Crippen MR) is 95.4 cm³/mol. The predicted octanol–water partition coefficient (Wildman–Crippen LogP) is 2.24. The summed E-state index contributed by atoms with van der Waals surface area (Å²) in [4.78, 5) is 28.7. The summed E-state index contributed by atoms with van der Waals surface area (Å²) < 4.78 is 1.22. The second kappa shape index (κ2) is 7.01. The van der Waals surface area contributed by atoms with Gasteiger partial charge in [0.25, 0.3) is 5.56 Å². The van der Waals surface area contributed by atoms with Crippen LogP contribution in [0, 0.1) is 5.92 Å². The Hall–Kier alpha value is -1.76. The number of rotatable bonds is 5. The average Bonchev–Trinajstić information content (AvgIpc) is 2.93. The molecule has 0 spiro atoms. The topological polar surface area (TPSA) is 68.1 Å². The van der Waals surface area contributed by atoms with Crippen LogP contribution in [0.1, 0.15) is 43.6 Å². The summed E-state index contributed by atoms with van der Waals surface area (Å²) in [5, 5.41) is 8.88. The number of hydrogen-bond donors (Lipinski definition) is 0. The van der Waals surface area contributed by atoms with Crippen LogP contribution in [-0.2, 0) is 24.2 Å². The Morgan fingerprint density at radius 3 is 3.00 bits per heavy atom. The normalized spacial score (nSPS) is 17.0. The van der Waals surface area contributed by atoms with E-state index in [0.717, 1.165) is 37.7 Å². The summed E-state index contributed by atoms with van der Waals surface area (Å²) in [6.07, 6.45) is 5.01. The summed E-state index contributed by atoms with van der Waals surface area (Å²) in [7, 11) is 1.77. The highest BCUT2D eigenvalue weighted by atomic mass is 32.1. The average molecular weight is 348 g/mol. The molecule has 3 rings (SSSR count). The van der Waals surface area contributed by atoms with Crippen LogP contribution in [0.5, 0.6) is 0 Å². The molecule has 0 saturated carbocycles. The molecule has 0 aromatic carbocycles. The Kier molecular flexibility index (Phi) is 4.99. The van der Waals surface area contributed by atoms with Crippen LogP contribution in [-0.4, -0.2) is 39.4 Å². The number of aryl methyl sites for hydroxylation is 1. The van der Waals surface area contributed by atoms with Crippen molar-refractivity contribution in [3.63, 3.8) is 0 Å². The van der Waals surface area contributed by atoms with Crippen molar-refractivity contribution in [1.82, 2.24) is 19.9 Å². The fraction of sp³-hybridized carbons (Fsp3) is 0.647. The zero-order valence-electron chi connectivity index (χ0n) is 14.5.